The van der Waals surface area contributed by atoms with E-state index in [-0.39, 0.29) is 30.2 Å². The molecule has 20 heavy (non-hydrogen) atoms. The van der Waals surface area contributed by atoms with Crippen molar-refractivity contribution in [2.24, 2.45) is 11.8 Å². The predicted molar refractivity (Wildman–Crippen MR) is 71.9 cm³/mol. The van der Waals surface area contributed by atoms with Crippen molar-refractivity contribution in [2.45, 2.75) is 32.1 Å². The summed E-state index contributed by atoms with van der Waals surface area (Å²) in [5.41, 5.74) is 0. The van der Waals surface area contributed by atoms with Gasteiger partial charge in [0.1, 0.15) is 0 Å². The summed E-state index contributed by atoms with van der Waals surface area (Å²) >= 11 is 0. The third-order valence-electron chi connectivity index (χ3n) is 4.41. The van der Waals surface area contributed by atoms with Crippen molar-refractivity contribution >= 4 is 17.8 Å². The zero-order chi connectivity index (χ0) is 14.7. The van der Waals surface area contributed by atoms with E-state index in [4.69, 9.17) is 5.11 Å². The van der Waals surface area contributed by atoms with Crippen molar-refractivity contribution in [3.63, 3.8) is 0 Å². The molecule has 2 rings (SSSR count). The Hall–Kier alpha value is -1.59. The minimum atomic E-state index is -0.762. The van der Waals surface area contributed by atoms with Crippen molar-refractivity contribution in [3.8, 4) is 0 Å². The summed E-state index contributed by atoms with van der Waals surface area (Å²) in [6.45, 7) is 1.47. The average Bonchev–Trinajstić information content (AvgIpc) is 2.60. The molecule has 0 atom stereocenters. The first kappa shape index (κ1) is 14.8. The number of carboxylic acid groups (broad SMARTS) is 1. The van der Waals surface area contributed by atoms with Gasteiger partial charge in [0.2, 0.25) is 11.8 Å². The molecular formula is C14H22N2O4. The van der Waals surface area contributed by atoms with E-state index in [0.29, 0.717) is 38.8 Å². The number of nitrogens with zero attached hydrogens (tertiary/aromatic N) is 2. The summed E-state index contributed by atoms with van der Waals surface area (Å²) in [6.07, 6.45) is 3.17. The molecule has 1 saturated heterocycles. The second kappa shape index (κ2) is 6.24. The van der Waals surface area contributed by atoms with Crippen molar-refractivity contribution in [2.75, 3.05) is 26.7 Å². The molecule has 1 aliphatic heterocycles. The summed E-state index contributed by atoms with van der Waals surface area (Å²) in [6, 6.07) is 0. The zero-order valence-electron chi connectivity index (χ0n) is 11.9. The summed E-state index contributed by atoms with van der Waals surface area (Å²) in [4.78, 5) is 38.5. The van der Waals surface area contributed by atoms with E-state index in [1.807, 2.05) is 0 Å². The maximum absolute atomic E-state index is 12.4. The first-order chi connectivity index (χ1) is 9.49. The molecule has 1 N–H and O–H groups in total. The number of aliphatic carboxylic acids is 1. The van der Waals surface area contributed by atoms with Crippen LogP contribution < -0.4 is 0 Å². The van der Waals surface area contributed by atoms with Crippen LogP contribution in [-0.4, -0.2) is 59.4 Å². The molecule has 6 nitrogen and oxygen atoms in total. The number of amides is 2. The minimum absolute atomic E-state index is 0.0185. The van der Waals surface area contributed by atoms with Crippen LogP contribution in [-0.2, 0) is 14.4 Å². The van der Waals surface area contributed by atoms with Crippen molar-refractivity contribution in [1.82, 2.24) is 9.80 Å². The zero-order valence-corrected chi connectivity index (χ0v) is 11.9. The van der Waals surface area contributed by atoms with Crippen LogP contribution in [0.15, 0.2) is 0 Å². The highest BCUT2D eigenvalue weighted by molar-refractivity contribution is 5.86. The summed E-state index contributed by atoms with van der Waals surface area (Å²) in [5.74, 6) is -1.17. The predicted octanol–water partition coefficient (Wildman–Crippen LogP) is 0.568. The summed E-state index contributed by atoms with van der Waals surface area (Å²) < 4.78 is 0. The number of hydrogen-bond acceptors (Lipinski definition) is 3. The maximum Gasteiger partial charge on any atom is 0.306 e. The topological polar surface area (TPSA) is 77.9 Å². The first-order valence-electron chi connectivity index (χ1n) is 7.24. The van der Waals surface area contributed by atoms with Crippen LogP contribution in [0, 0.1) is 11.8 Å². The fraction of sp³-hybridized carbons (Fsp3) is 0.786. The molecule has 2 amide bonds. The average molecular weight is 282 g/mol. The minimum Gasteiger partial charge on any atom is -0.481 e. The Morgan fingerprint density at radius 1 is 1.10 bits per heavy atom. The van der Waals surface area contributed by atoms with Gasteiger partial charge in [0, 0.05) is 26.1 Å². The lowest BCUT2D eigenvalue weighted by Gasteiger charge is -2.29. The van der Waals surface area contributed by atoms with E-state index in [2.05, 4.69) is 0 Å². The first-order valence-corrected chi connectivity index (χ1v) is 7.24. The normalized spacial score (nSPS) is 28.1. The van der Waals surface area contributed by atoms with Crippen LogP contribution in [0.4, 0.5) is 0 Å². The van der Waals surface area contributed by atoms with E-state index in [0.717, 1.165) is 6.42 Å². The van der Waals surface area contributed by atoms with Crippen LogP contribution in [0.3, 0.4) is 0 Å². The van der Waals surface area contributed by atoms with Crippen LogP contribution in [0.5, 0.6) is 0 Å². The Bertz CT molecular complexity index is 402. The van der Waals surface area contributed by atoms with Crippen molar-refractivity contribution in [1.29, 1.82) is 0 Å². The van der Waals surface area contributed by atoms with Gasteiger partial charge in [-0.3, -0.25) is 14.4 Å². The van der Waals surface area contributed by atoms with E-state index in [9.17, 15) is 14.4 Å². The van der Waals surface area contributed by atoms with Crippen molar-refractivity contribution < 1.29 is 19.5 Å². The van der Waals surface area contributed by atoms with Crippen molar-refractivity contribution in [3.05, 3.63) is 0 Å². The highest BCUT2D eigenvalue weighted by Crippen LogP contribution is 2.30. The molecule has 2 fully saturated rings. The molecule has 1 saturated carbocycles. The summed E-state index contributed by atoms with van der Waals surface area (Å²) in [7, 11) is 1.76. The number of likely N-dealkylation sites (N-methyl/N-ethyl adjacent to an activating group) is 1. The van der Waals surface area contributed by atoms with Gasteiger partial charge in [-0.25, -0.2) is 0 Å². The largest absolute Gasteiger partial charge is 0.481 e. The SMILES string of the molecule is CN1CCCN(C(=O)C2CCC(C(=O)O)CC2)CC1=O. The second-order valence-corrected chi connectivity index (χ2v) is 5.82. The van der Waals surface area contributed by atoms with Crippen LogP contribution in [0.1, 0.15) is 32.1 Å². The lowest BCUT2D eigenvalue weighted by Crippen LogP contribution is -2.42. The number of carbonyl (C=O) groups excluding carboxylic acids is 2. The molecule has 0 aromatic heterocycles. The van der Waals surface area contributed by atoms with Gasteiger partial charge in [-0.05, 0) is 32.1 Å². The maximum atomic E-state index is 12.4. The highest BCUT2D eigenvalue weighted by Gasteiger charge is 2.33. The monoisotopic (exact) mass is 282 g/mol. The Morgan fingerprint density at radius 3 is 2.30 bits per heavy atom. The lowest BCUT2D eigenvalue weighted by molar-refractivity contribution is -0.146. The summed E-state index contributed by atoms with van der Waals surface area (Å²) in [5, 5.41) is 8.97. The fourth-order valence-electron chi connectivity index (χ4n) is 3.02. The smallest absolute Gasteiger partial charge is 0.306 e. The Labute approximate surface area is 118 Å². The second-order valence-electron chi connectivity index (χ2n) is 5.82. The molecule has 1 aliphatic carbocycles. The number of hydrogen-bond donors (Lipinski definition) is 1. The molecule has 1 heterocycles. The van der Waals surface area contributed by atoms with Gasteiger partial charge in [0.25, 0.3) is 0 Å². The van der Waals surface area contributed by atoms with Crippen LogP contribution >= 0.6 is 0 Å². The van der Waals surface area contributed by atoms with Gasteiger partial charge < -0.3 is 14.9 Å². The van der Waals surface area contributed by atoms with E-state index in [1.165, 1.54) is 0 Å². The van der Waals surface area contributed by atoms with Gasteiger partial charge in [0.05, 0.1) is 12.5 Å². The molecule has 0 bridgehead atoms. The highest BCUT2D eigenvalue weighted by atomic mass is 16.4. The van der Waals surface area contributed by atoms with Gasteiger partial charge >= 0.3 is 5.97 Å². The molecule has 0 unspecified atom stereocenters. The molecule has 6 heteroatoms. The van der Waals surface area contributed by atoms with E-state index in [1.54, 1.807) is 16.8 Å². The van der Waals surface area contributed by atoms with E-state index < -0.39 is 5.97 Å². The number of carbonyl (C=O) groups is 3. The van der Waals surface area contributed by atoms with Crippen LogP contribution in [0.2, 0.25) is 0 Å². The molecule has 2 aliphatic rings. The van der Waals surface area contributed by atoms with Gasteiger partial charge in [-0.15, -0.1) is 0 Å². The van der Waals surface area contributed by atoms with Gasteiger partial charge in [-0.1, -0.05) is 0 Å². The Kier molecular flexibility index (Phi) is 4.62. The quantitative estimate of drug-likeness (QED) is 0.803. The third kappa shape index (κ3) is 3.29. The van der Waals surface area contributed by atoms with Crippen LogP contribution in [0.25, 0.3) is 0 Å². The number of carboxylic acids is 1. The standard InChI is InChI=1S/C14H22N2O4/c1-15-7-2-8-16(9-12(15)17)13(18)10-3-5-11(6-4-10)14(19)20/h10-11H,2-9H2,1H3,(H,19,20). The molecule has 0 aromatic carbocycles. The lowest BCUT2D eigenvalue weighted by atomic mass is 9.81. The molecule has 0 radical (unpaired) electrons. The number of rotatable bonds is 2. The van der Waals surface area contributed by atoms with E-state index >= 15 is 0 Å². The fourth-order valence-corrected chi connectivity index (χ4v) is 3.02. The third-order valence-corrected chi connectivity index (χ3v) is 4.41. The Balaban J connectivity index is 1.91. The molecule has 112 valence electrons. The molecular weight excluding hydrogens is 260 g/mol. The molecule has 0 aromatic rings. The van der Waals surface area contributed by atoms with Gasteiger partial charge in [0.15, 0.2) is 0 Å². The Morgan fingerprint density at radius 2 is 1.70 bits per heavy atom. The van der Waals surface area contributed by atoms with Gasteiger partial charge in [-0.2, -0.15) is 0 Å². The molecule has 0 spiro atoms.